The van der Waals surface area contributed by atoms with E-state index in [9.17, 15) is 0 Å². The van der Waals surface area contributed by atoms with E-state index in [0.717, 1.165) is 18.5 Å². The van der Waals surface area contributed by atoms with E-state index in [1.807, 2.05) is 24.4 Å². The highest BCUT2D eigenvalue weighted by molar-refractivity contribution is 5.28. The molecule has 0 fully saturated rings. The summed E-state index contributed by atoms with van der Waals surface area (Å²) in [5.41, 5.74) is 10.1. The zero-order chi connectivity index (χ0) is 14.6. The zero-order valence-corrected chi connectivity index (χ0v) is 12.6. The van der Waals surface area contributed by atoms with Gasteiger partial charge in [0.1, 0.15) is 0 Å². The van der Waals surface area contributed by atoms with E-state index in [2.05, 4.69) is 50.0 Å². The fraction of sp³-hybridized carbons (Fsp3) is 0.389. The number of aromatic nitrogens is 1. The van der Waals surface area contributed by atoms with Crippen molar-refractivity contribution in [2.75, 3.05) is 0 Å². The summed E-state index contributed by atoms with van der Waals surface area (Å²) in [4.78, 5) is 4.33. The second kappa shape index (κ2) is 6.19. The highest BCUT2D eigenvalue weighted by Crippen LogP contribution is 2.22. The van der Waals surface area contributed by atoms with Crippen LogP contribution < -0.4 is 5.73 Å². The molecule has 0 amide bonds. The Balaban J connectivity index is 1.96. The third-order valence-electron chi connectivity index (χ3n) is 3.52. The molecule has 0 aliphatic heterocycles. The van der Waals surface area contributed by atoms with Crippen LogP contribution in [0, 0.1) is 0 Å². The summed E-state index contributed by atoms with van der Waals surface area (Å²) >= 11 is 0. The Morgan fingerprint density at radius 3 is 2.25 bits per heavy atom. The van der Waals surface area contributed by atoms with Crippen molar-refractivity contribution in [1.29, 1.82) is 0 Å². The van der Waals surface area contributed by atoms with E-state index in [-0.39, 0.29) is 11.5 Å². The Hall–Kier alpha value is -1.67. The predicted octanol–water partition coefficient (Wildman–Crippen LogP) is 3.49. The van der Waals surface area contributed by atoms with E-state index >= 15 is 0 Å². The highest BCUT2D eigenvalue weighted by Gasteiger charge is 2.13. The first-order chi connectivity index (χ1) is 9.45. The lowest BCUT2D eigenvalue weighted by Gasteiger charge is -2.19. The highest BCUT2D eigenvalue weighted by atomic mass is 14.7. The average Bonchev–Trinajstić information content (AvgIpc) is 2.39. The second-order valence-corrected chi connectivity index (χ2v) is 6.44. The summed E-state index contributed by atoms with van der Waals surface area (Å²) < 4.78 is 0. The fourth-order valence-corrected chi connectivity index (χ4v) is 2.30. The van der Waals surface area contributed by atoms with Gasteiger partial charge in [-0.1, -0.05) is 51.1 Å². The molecule has 2 rings (SSSR count). The minimum atomic E-state index is 0.116. The summed E-state index contributed by atoms with van der Waals surface area (Å²) in [6, 6.07) is 14.9. The van der Waals surface area contributed by atoms with Crippen LogP contribution in [0.1, 0.15) is 37.6 Å². The van der Waals surface area contributed by atoms with Gasteiger partial charge in [0, 0.05) is 24.4 Å². The van der Waals surface area contributed by atoms with Gasteiger partial charge in [-0.2, -0.15) is 0 Å². The number of hydrogen-bond acceptors (Lipinski definition) is 2. The zero-order valence-electron chi connectivity index (χ0n) is 12.6. The molecule has 0 aliphatic rings. The van der Waals surface area contributed by atoms with Gasteiger partial charge in [0.05, 0.1) is 0 Å². The lowest BCUT2D eigenvalue weighted by atomic mass is 9.86. The van der Waals surface area contributed by atoms with Crippen molar-refractivity contribution in [2.24, 2.45) is 5.73 Å². The van der Waals surface area contributed by atoms with Crippen molar-refractivity contribution in [3.63, 3.8) is 0 Å². The Bertz CT molecular complexity index is 524. The van der Waals surface area contributed by atoms with Gasteiger partial charge in [-0.25, -0.2) is 0 Å². The normalized spacial score (nSPS) is 13.2. The van der Waals surface area contributed by atoms with E-state index in [1.54, 1.807) is 0 Å². The van der Waals surface area contributed by atoms with E-state index in [1.165, 1.54) is 11.1 Å². The molecular weight excluding hydrogens is 244 g/mol. The number of rotatable bonds is 4. The van der Waals surface area contributed by atoms with Crippen molar-refractivity contribution in [3.05, 3.63) is 65.5 Å². The topological polar surface area (TPSA) is 38.9 Å². The van der Waals surface area contributed by atoms with Gasteiger partial charge < -0.3 is 5.73 Å². The SMILES string of the molecule is CC(C)(C)c1ccc(CC(N)Cc2ccccn2)cc1. The van der Waals surface area contributed by atoms with Gasteiger partial charge in [0.25, 0.3) is 0 Å². The molecule has 2 heteroatoms. The first kappa shape index (κ1) is 14.7. The molecule has 1 aromatic heterocycles. The van der Waals surface area contributed by atoms with Crippen LogP contribution in [-0.2, 0) is 18.3 Å². The third-order valence-corrected chi connectivity index (χ3v) is 3.52. The Labute approximate surface area is 122 Å². The summed E-state index contributed by atoms with van der Waals surface area (Å²) in [6.07, 6.45) is 3.53. The van der Waals surface area contributed by atoms with Crippen LogP contribution in [0.4, 0.5) is 0 Å². The quantitative estimate of drug-likeness (QED) is 0.922. The summed E-state index contributed by atoms with van der Waals surface area (Å²) in [6.45, 7) is 6.69. The van der Waals surface area contributed by atoms with Gasteiger partial charge in [-0.05, 0) is 35.1 Å². The molecule has 2 nitrogen and oxygen atoms in total. The van der Waals surface area contributed by atoms with Gasteiger partial charge in [-0.3, -0.25) is 4.98 Å². The third kappa shape index (κ3) is 4.17. The average molecular weight is 268 g/mol. The standard InChI is InChI=1S/C18H24N2/c1-18(2,3)15-9-7-14(8-10-15)12-16(19)13-17-6-4-5-11-20-17/h4-11,16H,12-13,19H2,1-3H3. The maximum absolute atomic E-state index is 6.22. The predicted molar refractivity (Wildman–Crippen MR) is 84.8 cm³/mol. The van der Waals surface area contributed by atoms with Crippen LogP contribution in [0.25, 0.3) is 0 Å². The molecule has 1 aromatic carbocycles. The summed E-state index contributed by atoms with van der Waals surface area (Å²) in [5.74, 6) is 0. The monoisotopic (exact) mass is 268 g/mol. The van der Waals surface area contributed by atoms with Gasteiger partial charge in [0.2, 0.25) is 0 Å². The molecular formula is C18H24N2. The molecule has 106 valence electrons. The van der Waals surface area contributed by atoms with Crippen LogP contribution in [0.5, 0.6) is 0 Å². The van der Waals surface area contributed by atoms with Crippen molar-refractivity contribution in [3.8, 4) is 0 Å². The molecule has 2 N–H and O–H groups in total. The minimum Gasteiger partial charge on any atom is -0.327 e. The van der Waals surface area contributed by atoms with Crippen LogP contribution in [0.2, 0.25) is 0 Å². The van der Waals surface area contributed by atoms with E-state index in [4.69, 9.17) is 5.73 Å². The first-order valence-electron chi connectivity index (χ1n) is 7.20. The summed E-state index contributed by atoms with van der Waals surface area (Å²) in [5, 5.41) is 0. The van der Waals surface area contributed by atoms with E-state index < -0.39 is 0 Å². The molecule has 0 aliphatic carbocycles. The second-order valence-electron chi connectivity index (χ2n) is 6.44. The molecule has 1 atom stereocenters. The van der Waals surface area contributed by atoms with Crippen molar-refractivity contribution in [1.82, 2.24) is 4.98 Å². The molecule has 0 spiro atoms. The van der Waals surface area contributed by atoms with Crippen molar-refractivity contribution in [2.45, 2.75) is 45.1 Å². The molecule has 0 bridgehead atoms. The molecule has 20 heavy (non-hydrogen) atoms. The van der Waals surface area contributed by atoms with Crippen molar-refractivity contribution >= 4 is 0 Å². The van der Waals surface area contributed by atoms with E-state index in [0.29, 0.717) is 0 Å². The van der Waals surface area contributed by atoms with Gasteiger partial charge in [0.15, 0.2) is 0 Å². The Kier molecular flexibility index (Phi) is 4.56. The number of hydrogen-bond donors (Lipinski definition) is 1. The molecule has 0 radical (unpaired) electrons. The number of nitrogens with two attached hydrogens (primary N) is 1. The molecule has 1 heterocycles. The fourth-order valence-electron chi connectivity index (χ4n) is 2.30. The largest absolute Gasteiger partial charge is 0.327 e. The van der Waals surface area contributed by atoms with Crippen LogP contribution in [0.15, 0.2) is 48.7 Å². The first-order valence-corrected chi connectivity index (χ1v) is 7.20. The Morgan fingerprint density at radius 2 is 1.70 bits per heavy atom. The number of nitrogens with zero attached hydrogens (tertiary/aromatic N) is 1. The number of benzene rings is 1. The van der Waals surface area contributed by atoms with Gasteiger partial charge >= 0.3 is 0 Å². The molecule has 0 saturated heterocycles. The maximum Gasteiger partial charge on any atom is 0.0419 e. The number of pyridine rings is 1. The van der Waals surface area contributed by atoms with Crippen LogP contribution in [-0.4, -0.2) is 11.0 Å². The summed E-state index contributed by atoms with van der Waals surface area (Å²) in [7, 11) is 0. The lowest BCUT2D eigenvalue weighted by molar-refractivity contribution is 0.589. The molecule has 2 aromatic rings. The molecule has 0 saturated carbocycles. The van der Waals surface area contributed by atoms with Gasteiger partial charge in [-0.15, -0.1) is 0 Å². The Morgan fingerprint density at radius 1 is 1.00 bits per heavy atom. The smallest absolute Gasteiger partial charge is 0.0419 e. The lowest BCUT2D eigenvalue weighted by Crippen LogP contribution is -2.26. The molecule has 1 unspecified atom stereocenters. The van der Waals surface area contributed by atoms with Crippen LogP contribution >= 0.6 is 0 Å². The van der Waals surface area contributed by atoms with Crippen LogP contribution in [0.3, 0.4) is 0 Å². The maximum atomic E-state index is 6.22. The minimum absolute atomic E-state index is 0.116. The van der Waals surface area contributed by atoms with Crippen molar-refractivity contribution < 1.29 is 0 Å².